The molecule has 154 valence electrons. The van der Waals surface area contributed by atoms with Gasteiger partial charge in [-0.05, 0) is 5.56 Å². The van der Waals surface area contributed by atoms with Gasteiger partial charge in [0.05, 0.1) is 35.1 Å². The fraction of sp³-hybridized carbons (Fsp3) is 0.261. The number of amides is 2. The van der Waals surface area contributed by atoms with Crippen LogP contribution in [0, 0.1) is 0 Å². The molecule has 0 radical (unpaired) electrons. The van der Waals surface area contributed by atoms with Crippen LogP contribution in [0.1, 0.15) is 16.9 Å². The van der Waals surface area contributed by atoms with Crippen molar-refractivity contribution in [3.8, 4) is 11.3 Å². The normalized spacial score (nSPS) is 16.8. The average molecular weight is 421 g/mol. The van der Waals surface area contributed by atoms with Gasteiger partial charge in [0, 0.05) is 25.2 Å². The number of piperazine rings is 1. The molecule has 1 aromatic heterocycles. The summed E-state index contributed by atoms with van der Waals surface area (Å²) in [6.07, 6.45) is 0.137. The average Bonchev–Trinajstić information content (AvgIpc) is 3.25. The molecule has 1 fully saturated rings. The molecule has 0 spiro atoms. The van der Waals surface area contributed by atoms with E-state index in [0.717, 1.165) is 28.2 Å². The smallest absolute Gasteiger partial charge is 0.237 e. The SMILES string of the molecule is O=C(C[C@@H]1C(=O)NCCN1Cc1ccccc1)NCc1scnc1-c1ccccc1. The van der Waals surface area contributed by atoms with Crippen molar-refractivity contribution in [2.45, 2.75) is 25.6 Å². The third-order valence-electron chi connectivity index (χ3n) is 5.18. The molecule has 2 N–H and O–H groups in total. The first-order chi connectivity index (χ1) is 14.7. The Labute approximate surface area is 180 Å². The monoisotopic (exact) mass is 420 g/mol. The number of hydrogen-bond acceptors (Lipinski definition) is 5. The summed E-state index contributed by atoms with van der Waals surface area (Å²) in [5.41, 5.74) is 4.85. The molecule has 0 aliphatic carbocycles. The number of hydrogen-bond donors (Lipinski definition) is 2. The van der Waals surface area contributed by atoms with Crippen molar-refractivity contribution in [3.05, 3.63) is 76.6 Å². The van der Waals surface area contributed by atoms with E-state index in [0.29, 0.717) is 19.6 Å². The fourth-order valence-electron chi connectivity index (χ4n) is 3.65. The van der Waals surface area contributed by atoms with Crippen molar-refractivity contribution in [1.29, 1.82) is 0 Å². The molecule has 7 heteroatoms. The van der Waals surface area contributed by atoms with Crippen LogP contribution < -0.4 is 10.6 Å². The molecule has 1 aliphatic heterocycles. The maximum absolute atomic E-state index is 12.7. The molecule has 2 aromatic carbocycles. The quantitative estimate of drug-likeness (QED) is 0.616. The Morgan fingerprint density at radius 1 is 1.13 bits per heavy atom. The first kappa shape index (κ1) is 20.3. The molecule has 1 saturated heterocycles. The van der Waals surface area contributed by atoms with Crippen LogP contribution in [0.25, 0.3) is 11.3 Å². The molecule has 3 aromatic rings. The molecule has 0 bridgehead atoms. The van der Waals surface area contributed by atoms with E-state index in [1.807, 2.05) is 60.7 Å². The summed E-state index contributed by atoms with van der Waals surface area (Å²) in [5, 5.41) is 5.86. The Kier molecular flexibility index (Phi) is 6.51. The minimum Gasteiger partial charge on any atom is -0.353 e. The number of rotatable bonds is 7. The van der Waals surface area contributed by atoms with Crippen LogP contribution in [0.15, 0.2) is 66.2 Å². The summed E-state index contributed by atoms with van der Waals surface area (Å²) in [4.78, 5) is 32.7. The maximum Gasteiger partial charge on any atom is 0.237 e. The van der Waals surface area contributed by atoms with Gasteiger partial charge in [-0.25, -0.2) is 4.98 Å². The predicted octanol–water partition coefficient (Wildman–Crippen LogP) is 2.82. The minimum atomic E-state index is -0.464. The van der Waals surface area contributed by atoms with E-state index in [1.54, 1.807) is 5.51 Å². The van der Waals surface area contributed by atoms with Gasteiger partial charge in [0.1, 0.15) is 0 Å². The minimum absolute atomic E-state index is 0.0879. The second-order valence-electron chi connectivity index (χ2n) is 7.23. The summed E-state index contributed by atoms with van der Waals surface area (Å²) in [7, 11) is 0. The Morgan fingerprint density at radius 3 is 2.63 bits per heavy atom. The Morgan fingerprint density at radius 2 is 1.87 bits per heavy atom. The lowest BCUT2D eigenvalue weighted by Gasteiger charge is -2.34. The number of carbonyl (C=O) groups excluding carboxylic acids is 2. The van der Waals surface area contributed by atoms with E-state index in [9.17, 15) is 9.59 Å². The van der Waals surface area contributed by atoms with E-state index in [-0.39, 0.29) is 18.2 Å². The molecule has 0 saturated carbocycles. The first-order valence-corrected chi connectivity index (χ1v) is 10.9. The maximum atomic E-state index is 12.7. The molecule has 30 heavy (non-hydrogen) atoms. The van der Waals surface area contributed by atoms with Gasteiger partial charge >= 0.3 is 0 Å². The molecule has 0 unspecified atom stereocenters. The highest BCUT2D eigenvalue weighted by Gasteiger charge is 2.31. The van der Waals surface area contributed by atoms with E-state index >= 15 is 0 Å². The highest BCUT2D eigenvalue weighted by Crippen LogP contribution is 2.25. The van der Waals surface area contributed by atoms with E-state index in [1.165, 1.54) is 11.3 Å². The van der Waals surface area contributed by atoms with Crippen LogP contribution in [0.5, 0.6) is 0 Å². The lowest BCUT2D eigenvalue weighted by molar-refractivity contribution is -0.134. The topological polar surface area (TPSA) is 74.3 Å². The van der Waals surface area contributed by atoms with Gasteiger partial charge in [-0.15, -0.1) is 11.3 Å². The summed E-state index contributed by atoms with van der Waals surface area (Å²) in [6.45, 7) is 2.39. The largest absolute Gasteiger partial charge is 0.353 e. The summed E-state index contributed by atoms with van der Waals surface area (Å²) in [6, 6.07) is 19.5. The lowest BCUT2D eigenvalue weighted by atomic mass is 10.1. The zero-order valence-corrected chi connectivity index (χ0v) is 17.4. The number of nitrogens with one attached hydrogen (secondary N) is 2. The van der Waals surface area contributed by atoms with Crippen LogP contribution in [0.2, 0.25) is 0 Å². The molecule has 1 atom stereocenters. The Hall–Kier alpha value is -3.03. The van der Waals surface area contributed by atoms with Gasteiger partial charge in [0.2, 0.25) is 11.8 Å². The van der Waals surface area contributed by atoms with Gasteiger partial charge in [0.15, 0.2) is 0 Å². The molecular weight excluding hydrogens is 396 g/mol. The van der Waals surface area contributed by atoms with E-state index < -0.39 is 6.04 Å². The molecule has 4 rings (SSSR count). The second kappa shape index (κ2) is 9.65. The van der Waals surface area contributed by atoms with Crippen LogP contribution in [-0.4, -0.2) is 40.8 Å². The van der Waals surface area contributed by atoms with Gasteiger partial charge in [-0.3, -0.25) is 14.5 Å². The van der Waals surface area contributed by atoms with Crippen molar-refractivity contribution in [3.63, 3.8) is 0 Å². The number of aromatic nitrogens is 1. The summed E-state index contributed by atoms with van der Waals surface area (Å²) >= 11 is 1.52. The number of thiazole rings is 1. The number of carbonyl (C=O) groups is 2. The van der Waals surface area contributed by atoms with E-state index in [2.05, 4.69) is 20.5 Å². The van der Waals surface area contributed by atoms with Gasteiger partial charge in [-0.1, -0.05) is 60.7 Å². The highest BCUT2D eigenvalue weighted by molar-refractivity contribution is 7.10. The third kappa shape index (κ3) is 4.93. The van der Waals surface area contributed by atoms with Crippen LogP contribution in [0.3, 0.4) is 0 Å². The van der Waals surface area contributed by atoms with Crippen molar-refractivity contribution >= 4 is 23.2 Å². The molecule has 1 aliphatic rings. The fourth-order valence-corrected chi connectivity index (χ4v) is 4.37. The Balaban J connectivity index is 1.38. The van der Waals surface area contributed by atoms with Gasteiger partial charge < -0.3 is 10.6 Å². The van der Waals surface area contributed by atoms with Gasteiger partial charge in [0.25, 0.3) is 0 Å². The number of benzene rings is 2. The predicted molar refractivity (Wildman–Crippen MR) is 118 cm³/mol. The number of nitrogens with zero attached hydrogens (tertiary/aromatic N) is 2. The zero-order valence-electron chi connectivity index (χ0n) is 16.6. The molecule has 2 heterocycles. The van der Waals surface area contributed by atoms with Crippen LogP contribution in [-0.2, 0) is 22.7 Å². The van der Waals surface area contributed by atoms with Crippen molar-refractivity contribution in [1.82, 2.24) is 20.5 Å². The van der Waals surface area contributed by atoms with Crippen molar-refractivity contribution in [2.75, 3.05) is 13.1 Å². The third-order valence-corrected chi connectivity index (χ3v) is 6.02. The molecular formula is C23H24N4O2S. The Bertz CT molecular complexity index is 991. The van der Waals surface area contributed by atoms with Crippen LogP contribution >= 0.6 is 11.3 Å². The van der Waals surface area contributed by atoms with Gasteiger partial charge in [-0.2, -0.15) is 0 Å². The first-order valence-electron chi connectivity index (χ1n) is 10.0. The van der Waals surface area contributed by atoms with Crippen molar-refractivity contribution in [2.24, 2.45) is 0 Å². The van der Waals surface area contributed by atoms with Crippen LogP contribution in [0.4, 0.5) is 0 Å². The summed E-state index contributed by atoms with van der Waals surface area (Å²) in [5.74, 6) is -0.224. The molecule has 6 nitrogen and oxygen atoms in total. The molecule has 2 amide bonds. The highest BCUT2D eigenvalue weighted by atomic mass is 32.1. The lowest BCUT2D eigenvalue weighted by Crippen LogP contribution is -2.56. The second-order valence-corrected chi connectivity index (χ2v) is 8.17. The van der Waals surface area contributed by atoms with E-state index in [4.69, 9.17) is 0 Å². The standard InChI is InChI=1S/C23H24N4O2S/c28-21(25-14-20-22(26-16-30-20)18-9-5-2-6-10-18)13-19-23(29)24-11-12-27(19)15-17-7-3-1-4-8-17/h1-10,16,19H,11-15H2,(H,24,29)(H,25,28)/t19-/m1/s1. The zero-order chi connectivity index (χ0) is 20.8. The van der Waals surface area contributed by atoms with Crippen molar-refractivity contribution < 1.29 is 9.59 Å². The summed E-state index contributed by atoms with van der Waals surface area (Å²) < 4.78 is 0.